The van der Waals surface area contributed by atoms with Crippen molar-refractivity contribution in [2.24, 2.45) is 0 Å². The first-order valence-corrected chi connectivity index (χ1v) is 7.28. The van der Waals surface area contributed by atoms with Crippen molar-refractivity contribution in [1.29, 1.82) is 0 Å². The van der Waals surface area contributed by atoms with Crippen LogP contribution in [0.25, 0.3) is 0 Å². The zero-order chi connectivity index (χ0) is 12.1. The van der Waals surface area contributed by atoms with E-state index in [0.29, 0.717) is 0 Å². The summed E-state index contributed by atoms with van der Waals surface area (Å²) in [6.07, 6.45) is 3.58. The molecule has 3 nitrogen and oxygen atoms in total. The summed E-state index contributed by atoms with van der Waals surface area (Å²) in [6.45, 7) is 2.10. The van der Waals surface area contributed by atoms with Crippen molar-refractivity contribution in [3.63, 3.8) is 0 Å². The van der Waals surface area contributed by atoms with Gasteiger partial charge in [0, 0.05) is 12.6 Å². The van der Waals surface area contributed by atoms with E-state index < -0.39 is 0 Å². The second-order valence-corrected chi connectivity index (χ2v) is 5.57. The number of hydrogen-bond acceptors (Lipinski definition) is 4. The van der Waals surface area contributed by atoms with Gasteiger partial charge in [-0.1, -0.05) is 0 Å². The molecule has 2 atom stereocenters. The third kappa shape index (κ3) is 3.78. The zero-order valence-corrected chi connectivity index (χ0v) is 10.9. The van der Waals surface area contributed by atoms with Crippen LogP contribution in [0.15, 0.2) is 16.8 Å². The summed E-state index contributed by atoms with van der Waals surface area (Å²) in [7, 11) is 0. The lowest BCUT2D eigenvalue weighted by Crippen LogP contribution is -2.46. The van der Waals surface area contributed by atoms with E-state index in [1.807, 2.05) is 0 Å². The highest BCUT2D eigenvalue weighted by Gasteiger charge is 2.26. The third-order valence-electron chi connectivity index (χ3n) is 3.51. The van der Waals surface area contributed by atoms with Gasteiger partial charge in [0.25, 0.3) is 0 Å². The van der Waals surface area contributed by atoms with Gasteiger partial charge in [0.1, 0.15) is 0 Å². The molecule has 96 valence electrons. The molecule has 0 saturated carbocycles. The highest BCUT2D eigenvalue weighted by molar-refractivity contribution is 7.07. The number of rotatable bonds is 5. The van der Waals surface area contributed by atoms with Gasteiger partial charge in [-0.05, 0) is 54.6 Å². The predicted octanol–water partition coefficient (Wildman–Crippen LogP) is 1.50. The monoisotopic (exact) mass is 255 g/mol. The first-order valence-electron chi connectivity index (χ1n) is 6.33. The second-order valence-electron chi connectivity index (χ2n) is 4.79. The van der Waals surface area contributed by atoms with Gasteiger partial charge >= 0.3 is 0 Å². The Kier molecular flexibility index (Phi) is 4.98. The maximum Gasteiger partial charge on any atom is 0.0587 e. The van der Waals surface area contributed by atoms with Crippen molar-refractivity contribution >= 4 is 11.3 Å². The Morgan fingerprint density at radius 1 is 1.47 bits per heavy atom. The molecular formula is C13H21NO2S. The lowest BCUT2D eigenvalue weighted by Gasteiger charge is -2.36. The Labute approximate surface area is 107 Å². The van der Waals surface area contributed by atoms with Crippen molar-refractivity contribution in [1.82, 2.24) is 4.90 Å². The van der Waals surface area contributed by atoms with Crippen LogP contribution in [-0.4, -0.2) is 47.0 Å². The highest BCUT2D eigenvalue weighted by Crippen LogP contribution is 2.18. The molecule has 2 N–H and O–H groups in total. The van der Waals surface area contributed by atoms with Crippen molar-refractivity contribution in [3.05, 3.63) is 22.4 Å². The number of aliphatic hydroxyl groups excluding tert-OH is 2. The van der Waals surface area contributed by atoms with Gasteiger partial charge in [-0.25, -0.2) is 0 Å². The van der Waals surface area contributed by atoms with Gasteiger partial charge in [0.05, 0.1) is 12.7 Å². The van der Waals surface area contributed by atoms with Crippen molar-refractivity contribution in [3.8, 4) is 0 Å². The normalized spacial score (nSPS) is 26.2. The third-order valence-corrected chi connectivity index (χ3v) is 4.24. The molecule has 4 heteroatoms. The summed E-state index contributed by atoms with van der Waals surface area (Å²) in [6, 6.07) is 2.33. The molecule has 2 unspecified atom stereocenters. The average molecular weight is 255 g/mol. The van der Waals surface area contributed by atoms with Crippen LogP contribution in [0.5, 0.6) is 0 Å². The molecule has 0 bridgehead atoms. The number of aliphatic hydroxyl groups is 2. The van der Waals surface area contributed by atoms with E-state index >= 15 is 0 Å². The number of likely N-dealkylation sites (tertiary alicyclic amines) is 1. The molecule has 2 heterocycles. The van der Waals surface area contributed by atoms with Crippen LogP contribution in [0.1, 0.15) is 24.8 Å². The molecule has 0 aromatic carbocycles. The van der Waals surface area contributed by atoms with Crippen LogP contribution >= 0.6 is 11.3 Å². The molecule has 0 spiro atoms. The topological polar surface area (TPSA) is 43.7 Å². The van der Waals surface area contributed by atoms with Gasteiger partial charge in [0.2, 0.25) is 0 Å². The molecular weight excluding hydrogens is 234 g/mol. The lowest BCUT2D eigenvalue weighted by molar-refractivity contribution is 0.0167. The van der Waals surface area contributed by atoms with Gasteiger partial charge < -0.3 is 10.2 Å². The second kappa shape index (κ2) is 6.50. The fourth-order valence-electron chi connectivity index (χ4n) is 2.48. The minimum Gasteiger partial charge on any atom is -0.395 e. The molecule has 0 radical (unpaired) electrons. The van der Waals surface area contributed by atoms with Gasteiger partial charge in [-0.15, -0.1) is 0 Å². The molecule has 1 aliphatic heterocycles. The molecule has 1 saturated heterocycles. The zero-order valence-electron chi connectivity index (χ0n) is 10.1. The SMILES string of the molecule is OCC1CC(O)CCN1CCCc1ccsc1. The molecule has 2 rings (SSSR count). The predicted molar refractivity (Wildman–Crippen MR) is 70.3 cm³/mol. The summed E-state index contributed by atoms with van der Waals surface area (Å²) in [5.41, 5.74) is 1.41. The van der Waals surface area contributed by atoms with E-state index in [9.17, 15) is 10.2 Å². The van der Waals surface area contributed by atoms with Crippen LogP contribution in [-0.2, 0) is 6.42 Å². The minimum atomic E-state index is -0.222. The van der Waals surface area contributed by atoms with E-state index in [1.165, 1.54) is 5.56 Å². The van der Waals surface area contributed by atoms with E-state index in [-0.39, 0.29) is 18.8 Å². The summed E-state index contributed by atoms with van der Waals surface area (Å²) >= 11 is 1.74. The van der Waals surface area contributed by atoms with Crippen LogP contribution in [0.2, 0.25) is 0 Å². The van der Waals surface area contributed by atoms with Crippen molar-refractivity contribution in [2.45, 2.75) is 37.8 Å². The van der Waals surface area contributed by atoms with Crippen LogP contribution in [0.4, 0.5) is 0 Å². The molecule has 1 aliphatic rings. The maximum absolute atomic E-state index is 9.57. The Hall–Kier alpha value is -0.420. The largest absolute Gasteiger partial charge is 0.395 e. The van der Waals surface area contributed by atoms with E-state index in [1.54, 1.807) is 11.3 Å². The van der Waals surface area contributed by atoms with Crippen molar-refractivity contribution in [2.75, 3.05) is 19.7 Å². The quantitative estimate of drug-likeness (QED) is 0.838. The molecule has 17 heavy (non-hydrogen) atoms. The summed E-state index contributed by atoms with van der Waals surface area (Å²) in [5, 5.41) is 23.2. The Bertz CT molecular complexity index is 315. The Balaban J connectivity index is 1.74. The summed E-state index contributed by atoms with van der Waals surface area (Å²) in [5.74, 6) is 0. The first-order chi connectivity index (χ1) is 8.29. The van der Waals surface area contributed by atoms with E-state index in [2.05, 4.69) is 21.7 Å². The Morgan fingerprint density at radius 3 is 3.06 bits per heavy atom. The fraction of sp³-hybridized carbons (Fsp3) is 0.692. The standard InChI is InChI=1S/C13H21NO2S/c15-9-12-8-13(16)3-6-14(12)5-1-2-11-4-7-17-10-11/h4,7,10,12-13,15-16H,1-3,5-6,8-9H2. The van der Waals surface area contributed by atoms with Crippen molar-refractivity contribution < 1.29 is 10.2 Å². The average Bonchev–Trinajstić information content (AvgIpc) is 2.84. The molecule has 1 aromatic rings. The Morgan fingerprint density at radius 2 is 2.35 bits per heavy atom. The first kappa shape index (κ1) is 13.0. The molecule has 1 fully saturated rings. The minimum absolute atomic E-state index is 0.154. The number of piperidine rings is 1. The summed E-state index contributed by atoms with van der Waals surface area (Å²) in [4.78, 5) is 2.32. The number of nitrogens with zero attached hydrogens (tertiary/aromatic N) is 1. The van der Waals surface area contributed by atoms with Gasteiger partial charge in [-0.3, -0.25) is 4.90 Å². The smallest absolute Gasteiger partial charge is 0.0587 e. The van der Waals surface area contributed by atoms with Gasteiger partial charge in [0.15, 0.2) is 0 Å². The van der Waals surface area contributed by atoms with Crippen LogP contribution in [0.3, 0.4) is 0 Å². The lowest BCUT2D eigenvalue weighted by atomic mass is 9.99. The fourth-order valence-corrected chi connectivity index (χ4v) is 3.19. The number of aryl methyl sites for hydroxylation is 1. The van der Waals surface area contributed by atoms with Crippen LogP contribution in [0, 0.1) is 0 Å². The molecule has 1 aromatic heterocycles. The summed E-state index contributed by atoms with van der Waals surface area (Å²) < 4.78 is 0. The molecule has 0 amide bonds. The number of thiophene rings is 1. The van der Waals surface area contributed by atoms with E-state index in [0.717, 1.165) is 38.8 Å². The van der Waals surface area contributed by atoms with Gasteiger partial charge in [-0.2, -0.15) is 11.3 Å². The maximum atomic E-state index is 9.57. The highest BCUT2D eigenvalue weighted by atomic mass is 32.1. The molecule has 0 aliphatic carbocycles. The number of hydrogen-bond donors (Lipinski definition) is 2. The van der Waals surface area contributed by atoms with E-state index in [4.69, 9.17) is 0 Å². The van der Waals surface area contributed by atoms with Crippen LogP contribution < -0.4 is 0 Å².